The van der Waals surface area contributed by atoms with E-state index in [0.717, 1.165) is 5.57 Å². The van der Waals surface area contributed by atoms with E-state index in [-0.39, 0.29) is 34.5 Å². The minimum atomic E-state index is -0.554. The zero-order valence-corrected chi connectivity index (χ0v) is 20.5. The molecule has 31 heavy (non-hydrogen) atoms. The molecule has 6 nitrogen and oxygen atoms in total. The summed E-state index contributed by atoms with van der Waals surface area (Å²) in [5.41, 5.74) is 0.386. The van der Waals surface area contributed by atoms with Gasteiger partial charge in [0.05, 0.1) is 24.7 Å². The van der Waals surface area contributed by atoms with Gasteiger partial charge in [-0.25, -0.2) is 0 Å². The van der Waals surface area contributed by atoms with Crippen molar-refractivity contribution >= 4 is 23.9 Å². The zero-order valence-electron chi connectivity index (χ0n) is 20.5. The maximum Gasteiger partial charge on any atom is 0.317 e. The summed E-state index contributed by atoms with van der Waals surface area (Å²) in [6.07, 6.45) is 2.89. The van der Waals surface area contributed by atoms with E-state index < -0.39 is 35.7 Å². The van der Waals surface area contributed by atoms with Crippen LogP contribution in [0.15, 0.2) is 11.6 Å². The standard InChI is InChI=1S/C25H38O6/c1-22(2,3)24(6,7)25(8,9)23(4,5)14-15(10-16-12-18(26)30-20(16)28)11-17-13-19(27)31-21(17)29/h14,16-17H,10-13H2,1-9H3. The average Bonchev–Trinajstić information content (AvgIpc) is 3.05. The maximum absolute atomic E-state index is 12.1. The third-order valence-corrected chi connectivity index (χ3v) is 8.55. The number of hydrogen-bond donors (Lipinski definition) is 0. The van der Waals surface area contributed by atoms with Gasteiger partial charge in [0, 0.05) is 0 Å². The molecule has 2 rings (SSSR count). The predicted octanol–water partition coefficient (Wildman–Crippen LogP) is 5.00. The zero-order chi connectivity index (χ0) is 24.0. The van der Waals surface area contributed by atoms with Crippen molar-refractivity contribution in [3.05, 3.63) is 11.6 Å². The van der Waals surface area contributed by atoms with Gasteiger partial charge in [0.1, 0.15) is 0 Å². The molecule has 0 aromatic heterocycles. The lowest BCUT2D eigenvalue weighted by Gasteiger charge is -2.57. The predicted molar refractivity (Wildman–Crippen MR) is 117 cm³/mol. The van der Waals surface area contributed by atoms with E-state index in [2.05, 4.69) is 68.4 Å². The second-order valence-corrected chi connectivity index (χ2v) is 11.8. The minimum Gasteiger partial charge on any atom is -0.393 e. The van der Waals surface area contributed by atoms with Crippen LogP contribution in [-0.2, 0) is 28.7 Å². The summed E-state index contributed by atoms with van der Waals surface area (Å²) in [5.74, 6) is -3.18. The summed E-state index contributed by atoms with van der Waals surface area (Å²) in [6, 6.07) is 0. The summed E-state index contributed by atoms with van der Waals surface area (Å²) in [7, 11) is 0. The van der Waals surface area contributed by atoms with E-state index in [1.165, 1.54) is 0 Å². The van der Waals surface area contributed by atoms with E-state index in [0.29, 0.717) is 12.8 Å². The molecule has 2 saturated heterocycles. The Morgan fingerprint density at radius 2 is 1.13 bits per heavy atom. The molecule has 0 radical (unpaired) electrons. The molecule has 0 saturated carbocycles. The Morgan fingerprint density at radius 1 is 0.742 bits per heavy atom. The fourth-order valence-electron chi connectivity index (χ4n) is 4.62. The Labute approximate surface area is 186 Å². The third-order valence-electron chi connectivity index (χ3n) is 8.55. The molecule has 2 heterocycles. The molecule has 2 aliphatic rings. The fourth-order valence-corrected chi connectivity index (χ4v) is 4.62. The highest BCUT2D eigenvalue weighted by Gasteiger charge is 2.52. The largest absolute Gasteiger partial charge is 0.393 e. The monoisotopic (exact) mass is 434 g/mol. The van der Waals surface area contributed by atoms with Gasteiger partial charge in [-0.3, -0.25) is 19.2 Å². The van der Waals surface area contributed by atoms with Crippen LogP contribution >= 0.6 is 0 Å². The summed E-state index contributed by atoms with van der Waals surface area (Å²) < 4.78 is 9.46. The Balaban J connectivity index is 2.42. The summed E-state index contributed by atoms with van der Waals surface area (Å²) >= 11 is 0. The van der Waals surface area contributed by atoms with Gasteiger partial charge < -0.3 is 9.47 Å². The van der Waals surface area contributed by atoms with Gasteiger partial charge in [-0.05, 0) is 34.5 Å². The van der Waals surface area contributed by atoms with Crippen LogP contribution in [0.25, 0.3) is 0 Å². The number of rotatable bonds is 7. The van der Waals surface area contributed by atoms with E-state index >= 15 is 0 Å². The Hall–Kier alpha value is -1.98. The molecular weight excluding hydrogens is 396 g/mol. The summed E-state index contributed by atoms with van der Waals surface area (Å²) in [4.78, 5) is 47.4. The van der Waals surface area contributed by atoms with Crippen molar-refractivity contribution < 1.29 is 28.7 Å². The van der Waals surface area contributed by atoms with Crippen LogP contribution in [0.3, 0.4) is 0 Å². The molecule has 2 atom stereocenters. The molecule has 0 aromatic carbocycles. The summed E-state index contributed by atoms with van der Waals surface area (Å²) in [6.45, 7) is 20.0. The lowest BCUT2D eigenvalue weighted by Crippen LogP contribution is -2.50. The first-order valence-corrected chi connectivity index (χ1v) is 11.1. The molecule has 2 unspecified atom stereocenters. The first-order valence-electron chi connectivity index (χ1n) is 11.1. The first-order chi connectivity index (χ1) is 13.9. The fraction of sp³-hybridized carbons (Fsp3) is 0.760. The quantitative estimate of drug-likeness (QED) is 0.318. The normalized spacial score (nSPS) is 23.1. The number of hydrogen-bond acceptors (Lipinski definition) is 6. The van der Waals surface area contributed by atoms with E-state index in [1.54, 1.807) is 0 Å². The van der Waals surface area contributed by atoms with Crippen molar-refractivity contribution in [2.24, 2.45) is 33.5 Å². The number of ether oxygens (including phenoxy) is 2. The second kappa shape index (κ2) is 8.18. The lowest BCUT2D eigenvalue weighted by molar-refractivity contribution is -0.154. The molecule has 0 aliphatic carbocycles. The number of esters is 4. The number of carbonyl (C=O) groups is 4. The van der Waals surface area contributed by atoms with Crippen LogP contribution in [0, 0.1) is 33.5 Å². The van der Waals surface area contributed by atoms with Crippen molar-refractivity contribution in [2.75, 3.05) is 0 Å². The van der Waals surface area contributed by atoms with Crippen LogP contribution in [0.5, 0.6) is 0 Å². The van der Waals surface area contributed by atoms with Crippen LogP contribution in [0.1, 0.15) is 88.0 Å². The van der Waals surface area contributed by atoms with Crippen molar-refractivity contribution in [1.29, 1.82) is 0 Å². The molecule has 0 amide bonds. The SMILES string of the molecule is CC(C)(C)C(C)(C)C(C)(C)C(C)(C)C=C(CC1CC(=O)OC1=O)CC1CC(=O)OC1=O. The van der Waals surface area contributed by atoms with Gasteiger partial charge in [0.15, 0.2) is 0 Å². The van der Waals surface area contributed by atoms with Gasteiger partial charge in [0.25, 0.3) is 0 Å². The minimum absolute atomic E-state index is 0.0329. The first kappa shape index (κ1) is 25.3. The summed E-state index contributed by atoms with van der Waals surface area (Å²) in [5, 5.41) is 0. The van der Waals surface area contributed by atoms with E-state index in [9.17, 15) is 19.2 Å². The molecule has 0 aromatic rings. The molecular formula is C25H38O6. The van der Waals surface area contributed by atoms with Gasteiger partial charge >= 0.3 is 23.9 Å². The molecule has 0 spiro atoms. The molecule has 0 N–H and O–H groups in total. The van der Waals surface area contributed by atoms with E-state index in [4.69, 9.17) is 9.47 Å². The Morgan fingerprint density at radius 3 is 1.42 bits per heavy atom. The maximum atomic E-state index is 12.1. The highest BCUT2D eigenvalue weighted by atomic mass is 16.6. The van der Waals surface area contributed by atoms with Crippen LogP contribution < -0.4 is 0 Å². The molecule has 2 fully saturated rings. The average molecular weight is 435 g/mol. The van der Waals surface area contributed by atoms with Gasteiger partial charge in [-0.2, -0.15) is 0 Å². The van der Waals surface area contributed by atoms with Gasteiger partial charge in [0.2, 0.25) is 0 Å². The van der Waals surface area contributed by atoms with Crippen molar-refractivity contribution in [2.45, 2.75) is 88.0 Å². The number of allylic oxidation sites excluding steroid dienone is 2. The molecule has 6 heteroatoms. The second-order valence-electron chi connectivity index (χ2n) is 11.8. The lowest BCUT2D eigenvalue weighted by atomic mass is 9.47. The van der Waals surface area contributed by atoms with Gasteiger partial charge in [-0.1, -0.05) is 74.0 Å². The third kappa shape index (κ3) is 4.93. The van der Waals surface area contributed by atoms with Gasteiger partial charge in [-0.15, -0.1) is 0 Å². The Kier molecular flexibility index (Phi) is 6.67. The highest BCUT2D eigenvalue weighted by molar-refractivity contribution is 5.95. The Bertz CT molecular complexity index is 766. The number of carbonyl (C=O) groups excluding carboxylic acids is 4. The van der Waals surface area contributed by atoms with Crippen LogP contribution in [0.4, 0.5) is 0 Å². The molecule has 174 valence electrons. The topological polar surface area (TPSA) is 86.7 Å². The van der Waals surface area contributed by atoms with E-state index in [1.807, 2.05) is 0 Å². The van der Waals surface area contributed by atoms with Crippen LogP contribution in [0.2, 0.25) is 0 Å². The smallest absolute Gasteiger partial charge is 0.317 e. The molecule has 0 bridgehead atoms. The van der Waals surface area contributed by atoms with Crippen molar-refractivity contribution in [3.8, 4) is 0 Å². The molecule has 2 aliphatic heterocycles. The van der Waals surface area contributed by atoms with Crippen molar-refractivity contribution in [1.82, 2.24) is 0 Å². The van der Waals surface area contributed by atoms with Crippen LogP contribution in [-0.4, -0.2) is 23.9 Å². The highest BCUT2D eigenvalue weighted by Crippen LogP contribution is 2.59. The number of cyclic esters (lactones) is 4. The van der Waals surface area contributed by atoms with Crippen molar-refractivity contribution in [3.63, 3.8) is 0 Å².